The van der Waals surface area contributed by atoms with Crippen LogP contribution in [0.2, 0.25) is 0 Å². The monoisotopic (exact) mass is 454 g/mol. The summed E-state index contributed by atoms with van der Waals surface area (Å²) in [5, 5.41) is 7.91. The normalized spacial score (nSPS) is 29.2. The van der Waals surface area contributed by atoms with E-state index in [1.807, 2.05) is 18.8 Å². The summed E-state index contributed by atoms with van der Waals surface area (Å²) < 4.78 is 0. The van der Waals surface area contributed by atoms with E-state index in [1.54, 1.807) is 0 Å². The van der Waals surface area contributed by atoms with Crippen molar-refractivity contribution in [3.63, 3.8) is 0 Å². The minimum atomic E-state index is 0. The minimum Gasteiger partial charge on any atom is -0.356 e. The third-order valence-electron chi connectivity index (χ3n) is 5.14. The molecular formula is C17H35IN4S. The standard InChI is InChI=1S/C17H34N4S.HI/c1-14-7-4-5-11-21(14)12-6-10-19-17(18-2)20-15-8-9-16(13-15)22-3;/h14-16H,4-13H2,1-3H3,(H2,18,19,20);1H. The number of aliphatic imine (C=N–C) groups is 1. The van der Waals surface area contributed by atoms with E-state index in [0.717, 1.165) is 23.8 Å². The van der Waals surface area contributed by atoms with Crippen LogP contribution in [-0.2, 0) is 0 Å². The van der Waals surface area contributed by atoms with E-state index in [4.69, 9.17) is 0 Å². The minimum absolute atomic E-state index is 0. The van der Waals surface area contributed by atoms with Gasteiger partial charge in [0.25, 0.3) is 0 Å². The summed E-state index contributed by atoms with van der Waals surface area (Å²) in [7, 11) is 1.88. The van der Waals surface area contributed by atoms with E-state index in [0.29, 0.717) is 6.04 Å². The fourth-order valence-electron chi connectivity index (χ4n) is 3.65. The van der Waals surface area contributed by atoms with Crippen molar-refractivity contribution in [3.8, 4) is 0 Å². The number of rotatable bonds is 6. The molecule has 2 N–H and O–H groups in total. The number of halogens is 1. The molecule has 2 fully saturated rings. The topological polar surface area (TPSA) is 39.7 Å². The Balaban J connectivity index is 0.00000264. The smallest absolute Gasteiger partial charge is 0.191 e. The highest BCUT2D eigenvalue weighted by atomic mass is 127. The number of nitrogens with zero attached hydrogens (tertiary/aromatic N) is 2. The van der Waals surface area contributed by atoms with E-state index in [-0.39, 0.29) is 24.0 Å². The summed E-state index contributed by atoms with van der Waals surface area (Å²) in [5.41, 5.74) is 0. The van der Waals surface area contributed by atoms with Crippen LogP contribution in [0.5, 0.6) is 0 Å². The van der Waals surface area contributed by atoms with Crippen LogP contribution in [0.15, 0.2) is 4.99 Å². The molecular weight excluding hydrogens is 419 g/mol. The number of thioether (sulfide) groups is 1. The largest absolute Gasteiger partial charge is 0.356 e. The third-order valence-corrected chi connectivity index (χ3v) is 6.23. The lowest BCUT2D eigenvalue weighted by molar-refractivity contribution is 0.159. The van der Waals surface area contributed by atoms with Crippen LogP contribution in [0, 0.1) is 0 Å². The van der Waals surface area contributed by atoms with E-state index in [9.17, 15) is 0 Å². The van der Waals surface area contributed by atoms with E-state index in [2.05, 4.69) is 33.7 Å². The molecule has 136 valence electrons. The molecule has 0 bridgehead atoms. The fraction of sp³-hybridized carbons (Fsp3) is 0.941. The molecule has 0 aromatic heterocycles. The molecule has 2 rings (SSSR count). The lowest BCUT2D eigenvalue weighted by Gasteiger charge is -2.33. The van der Waals surface area contributed by atoms with Gasteiger partial charge in [0, 0.05) is 37.5 Å². The van der Waals surface area contributed by atoms with E-state index < -0.39 is 0 Å². The Morgan fingerprint density at radius 2 is 2.09 bits per heavy atom. The molecule has 3 unspecified atom stereocenters. The first-order valence-electron chi connectivity index (χ1n) is 8.97. The van der Waals surface area contributed by atoms with Crippen molar-refractivity contribution in [1.29, 1.82) is 0 Å². The number of guanidine groups is 1. The maximum absolute atomic E-state index is 4.38. The zero-order valence-corrected chi connectivity index (χ0v) is 18.2. The summed E-state index contributed by atoms with van der Waals surface area (Å²) in [6, 6.07) is 1.37. The van der Waals surface area contributed by atoms with Gasteiger partial charge in [0.1, 0.15) is 0 Å². The zero-order valence-electron chi connectivity index (χ0n) is 15.0. The van der Waals surface area contributed by atoms with Crippen LogP contribution >= 0.6 is 35.7 Å². The van der Waals surface area contributed by atoms with Crippen molar-refractivity contribution >= 4 is 41.7 Å². The molecule has 1 aliphatic heterocycles. The summed E-state index contributed by atoms with van der Waals surface area (Å²) >= 11 is 2.00. The molecule has 0 spiro atoms. The van der Waals surface area contributed by atoms with Gasteiger partial charge in [-0.05, 0) is 58.2 Å². The van der Waals surface area contributed by atoms with Gasteiger partial charge < -0.3 is 15.5 Å². The average Bonchev–Trinajstić information content (AvgIpc) is 2.99. The lowest BCUT2D eigenvalue weighted by Crippen LogP contribution is -2.44. The van der Waals surface area contributed by atoms with Gasteiger partial charge in [-0.3, -0.25) is 4.99 Å². The first-order valence-corrected chi connectivity index (χ1v) is 10.3. The van der Waals surface area contributed by atoms with Crippen molar-refractivity contribution in [3.05, 3.63) is 0 Å². The SMILES string of the molecule is CN=C(NCCCN1CCCCC1C)NC1CCC(SC)C1.I. The second-order valence-corrected chi connectivity index (χ2v) is 7.88. The highest BCUT2D eigenvalue weighted by molar-refractivity contribution is 14.0. The summed E-state index contributed by atoms with van der Waals surface area (Å²) in [6.07, 6.45) is 11.5. The third kappa shape index (κ3) is 7.38. The molecule has 3 atom stereocenters. The van der Waals surface area contributed by atoms with Crippen LogP contribution < -0.4 is 10.6 Å². The van der Waals surface area contributed by atoms with Crippen molar-refractivity contribution in [2.45, 2.75) is 69.2 Å². The molecule has 0 aromatic rings. The number of piperidine rings is 1. The van der Waals surface area contributed by atoms with Crippen LogP contribution in [0.4, 0.5) is 0 Å². The Kier molecular flexibility index (Phi) is 10.9. The Bertz CT molecular complexity index is 353. The molecule has 1 saturated heterocycles. The molecule has 1 saturated carbocycles. The first-order chi connectivity index (χ1) is 10.7. The second-order valence-electron chi connectivity index (χ2n) is 6.75. The van der Waals surface area contributed by atoms with Crippen molar-refractivity contribution in [1.82, 2.24) is 15.5 Å². The Labute approximate surface area is 164 Å². The highest BCUT2D eigenvalue weighted by Crippen LogP contribution is 2.27. The van der Waals surface area contributed by atoms with Gasteiger partial charge in [-0.2, -0.15) is 11.8 Å². The maximum Gasteiger partial charge on any atom is 0.191 e. The Morgan fingerprint density at radius 3 is 2.74 bits per heavy atom. The Morgan fingerprint density at radius 1 is 1.26 bits per heavy atom. The fourth-order valence-corrected chi connectivity index (χ4v) is 4.45. The summed E-state index contributed by atoms with van der Waals surface area (Å²) in [5.74, 6) is 0.985. The molecule has 4 nitrogen and oxygen atoms in total. The van der Waals surface area contributed by atoms with Crippen LogP contribution in [0.25, 0.3) is 0 Å². The first kappa shape index (κ1) is 21.4. The van der Waals surface area contributed by atoms with Crippen molar-refractivity contribution in [2.24, 2.45) is 4.99 Å². The van der Waals surface area contributed by atoms with Gasteiger partial charge in [0.05, 0.1) is 0 Å². The highest BCUT2D eigenvalue weighted by Gasteiger charge is 2.24. The molecule has 0 amide bonds. The molecule has 23 heavy (non-hydrogen) atoms. The van der Waals surface area contributed by atoms with Crippen molar-refractivity contribution in [2.75, 3.05) is 32.9 Å². The second kappa shape index (κ2) is 11.8. The van der Waals surface area contributed by atoms with E-state index in [1.165, 1.54) is 58.0 Å². The number of nitrogens with one attached hydrogen (secondary N) is 2. The predicted molar refractivity (Wildman–Crippen MR) is 114 cm³/mol. The molecule has 6 heteroatoms. The van der Waals surface area contributed by atoms with Gasteiger partial charge in [-0.25, -0.2) is 0 Å². The van der Waals surface area contributed by atoms with Crippen LogP contribution in [-0.4, -0.2) is 61.1 Å². The number of hydrogen-bond acceptors (Lipinski definition) is 3. The quantitative estimate of drug-likeness (QED) is 0.280. The van der Waals surface area contributed by atoms with Crippen LogP contribution in [0.1, 0.15) is 51.9 Å². The molecule has 0 radical (unpaired) electrons. The predicted octanol–water partition coefficient (Wildman–Crippen LogP) is 3.32. The summed E-state index contributed by atoms with van der Waals surface area (Å²) in [6.45, 7) is 5.88. The van der Waals surface area contributed by atoms with Gasteiger partial charge >= 0.3 is 0 Å². The van der Waals surface area contributed by atoms with E-state index >= 15 is 0 Å². The van der Waals surface area contributed by atoms with Gasteiger partial charge in [0.15, 0.2) is 5.96 Å². The molecule has 1 heterocycles. The van der Waals surface area contributed by atoms with Crippen molar-refractivity contribution < 1.29 is 0 Å². The zero-order chi connectivity index (χ0) is 15.8. The molecule has 2 aliphatic rings. The van der Waals surface area contributed by atoms with Gasteiger partial charge in [-0.1, -0.05) is 6.42 Å². The number of hydrogen-bond donors (Lipinski definition) is 2. The van der Waals surface area contributed by atoms with Gasteiger partial charge in [0.2, 0.25) is 0 Å². The average molecular weight is 454 g/mol. The van der Waals surface area contributed by atoms with Gasteiger partial charge in [-0.15, -0.1) is 24.0 Å². The summed E-state index contributed by atoms with van der Waals surface area (Å²) in [4.78, 5) is 7.02. The van der Waals surface area contributed by atoms with Crippen LogP contribution in [0.3, 0.4) is 0 Å². The molecule has 0 aromatic carbocycles. The lowest BCUT2D eigenvalue weighted by atomic mass is 10.0. The molecule has 1 aliphatic carbocycles. The number of likely N-dealkylation sites (tertiary alicyclic amines) is 1. The maximum atomic E-state index is 4.38. The Hall–Kier alpha value is 0.310.